The van der Waals surface area contributed by atoms with Gasteiger partial charge in [-0.1, -0.05) is 43.6 Å². The van der Waals surface area contributed by atoms with Crippen LogP contribution in [0.5, 0.6) is 0 Å². The molecule has 0 aliphatic rings. The lowest BCUT2D eigenvalue weighted by molar-refractivity contribution is -0.111. The Labute approximate surface area is 141 Å². The molecule has 0 heterocycles. The summed E-state index contributed by atoms with van der Waals surface area (Å²) < 4.78 is 13.6. The smallest absolute Gasteiger partial charge is 0.248 e. The average molecular weight is 332 g/mol. The second-order valence-corrected chi connectivity index (χ2v) is 5.80. The molecule has 1 amide bonds. The molecule has 1 unspecified atom stereocenters. The first-order valence-corrected chi connectivity index (χ1v) is 7.92. The SMILES string of the molecule is CCC(C)c1ccc(NC(=O)/C=C/c2c(F)cccc2Cl)cc1. The molecule has 1 N–H and O–H groups in total. The molecule has 2 rings (SSSR count). The summed E-state index contributed by atoms with van der Waals surface area (Å²) in [6, 6.07) is 12.1. The number of carbonyl (C=O) groups excluding carboxylic acids is 1. The van der Waals surface area contributed by atoms with E-state index in [0.717, 1.165) is 6.42 Å². The van der Waals surface area contributed by atoms with Crippen molar-refractivity contribution in [3.63, 3.8) is 0 Å². The standard InChI is InChI=1S/C19H19ClFNO/c1-3-13(2)14-7-9-15(10-8-14)22-19(23)12-11-16-17(20)5-4-6-18(16)21/h4-13H,3H2,1-2H3,(H,22,23)/b12-11+. The minimum atomic E-state index is -0.459. The Morgan fingerprint density at radius 2 is 1.96 bits per heavy atom. The Balaban J connectivity index is 2.03. The molecule has 2 aromatic carbocycles. The summed E-state index contributed by atoms with van der Waals surface area (Å²) >= 11 is 5.91. The van der Waals surface area contributed by atoms with Crippen LogP contribution in [0.25, 0.3) is 6.08 Å². The van der Waals surface area contributed by atoms with Crippen LogP contribution < -0.4 is 5.32 Å². The van der Waals surface area contributed by atoms with Gasteiger partial charge in [0.1, 0.15) is 5.82 Å². The summed E-state index contributed by atoms with van der Waals surface area (Å²) in [5, 5.41) is 3.01. The summed E-state index contributed by atoms with van der Waals surface area (Å²) in [4.78, 5) is 11.9. The molecule has 0 radical (unpaired) electrons. The van der Waals surface area contributed by atoms with Crippen LogP contribution in [0.15, 0.2) is 48.5 Å². The van der Waals surface area contributed by atoms with Crippen LogP contribution in [0.1, 0.15) is 37.3 Å². The van der Waals surface area contributed by atoms with Gasteiger partial charge in [0.05, 0.1) is 5.02 Å². The highest BCUT2D eigenvalue weighted by atomic mass is 35.5. The van der Waals surface area contributed by atoms with Crippen molar-refractivity contribution in [1.29, 1.82) is 0 Å². The maximum Gasteiger partial charge on any atom is 0.248 e. The molecule has 0 aliphatic heterocycles. The number of anilines is 1. The summed E-state index contributed by atoms with van der Waals surface area (Å²) in [6.07, 6.45) is 3.71. The van der Waals surface area contributed by atoms with Gasteiger partial charge in [-0.15, -0.1) is 0 Å². The Hall–Kier alpha value is -2.13. The number of hydrogen-bond acceptors (Lipinski definition) is 1. The molecule has 0 aromatic heterocycles. The van der Waals surface area contributed by atoms with Crippen molar-refractivity contribution in [3.05, 3.63) is 70.5 Å². The fraction of sp³-hybridized carbons (Fsp3) is 0.211. The quantitative estimate of drug-likeness (QED) is 0.705. The van der Waals surface area contributed by atoms with Crippen molar-refractivity contribution >= 4 is 29.3 Å². The van der Waals surface area contributed by atoms with Gasteiger partial charge in [-0.2, -0.15) is 0 Å². The van der Waals surface area contributed by atoms with Crippen molar-refractivity contribution in [2.24, 2.45) is 0 Å². The predicted molar refractivity (Wildman–Crippen MR) is 94.2 cm³/mol. The molecule has 4 heteroatoms. The third-order valence-corrected chi connectivity index (χ3v) is 4.09. The Bertz CT molecular complexity index is 690. The third-order valence-electron chi connectivity index (χ3n) is 3.76. The molecule has 2 aromatic rings. The Morgan fingerprint density at radius 1 is 1.26 bits per heavy atom. The Morgan fingerprint density at radius 3 is 2.57 bits per heavy atom. The van der Waals surface area contributed by atoms with E-state index >= 15 is 0 Å². The highest BCUT2D eigenvalue weighted by Gasteiger charge is 2.05. The number of carbonyl (C=O) groups is 1. The van der Waals surface area contributed by atoms with Crippen molar-refractivity contribution < 1.29 is 9.18 Å². The van der Waals surface area contributed by atoms with E-state index in [2.05, 4.69) is 19.2 Å². The number of nitrogens with one attached hydrogen (secondary N) is 1. The zero-order valence-electron chi connectivity index (χ0n) is 13.1. The number of hydrogen-bond donors (Lipinski definition) is 1. The fourth-order valence-corrected chi connectivity index (χ4v) is 2.37. The highest BCUT2D eigenvalue weighted by molar-refractivity contribution is 6.32. The second-order valence-electron chi connectivity index (χ2n) is 5.39. The molecule has 1 atom stereocenters. The molecule has 0 spiro atoms. The van der Waals surface area contributed by atoms with Gasteiger partial charge in [-0.3, -0.25) is 4.79 Å². The second kappa shape index (κ2) is 7.93. The molecule has 120 valence electrons. The lowest BCUT2D eigenvalue weighted by Gasteiger charge is -2.09. The van der Waals surface area contributed by atoms with Crippen LogP contribution in [-0.2, 0) is 4.79 Å². The molecule has 23 heavy (non-hydrogen) atoms. The van der Waals surface area contributed by atoms with Crippen LogP contribution in [0.4, 0.5) is 10.1 Å². The monoisotopic (exact) mass is 331 g/mol. The van der Waals surface area contributed by atoms with Crippen molar-refractivity contribution in [2.45, 2.75) is 26.2 Å². The van der Waals surface area contributed by atoms with Gasteiger partial charge in [0, 0.05) is 17.3 Å². The molecular weight excluding hydrogens is 313 g/mol. The minimum absolute atomic E-state index is 0.205. The number of halogens is 2. The summed E-state index contributed by atoms with van der Waals surface area (Å²) in [7, 11) is 0. The highest BCUT2D eigenvalue weighted by Crippen LogP contribution is 2.21. The summed E-state index contributed by atoms with van der Waals surface area (Å²) in [5.74, 6) is -0.303. The Kier molecular flexibility index (Phi) is 5.94. The van der Waals surface area contributed by atoms with Crippen LogP contribution in [0.2, 0.25) is 5.02 Å². The van der Waals surface area contributed by atoms with Gasteiger partial charge in [0.15, 0.2) is 0 Å². The van der Waals surface area contributed by atoms with E-state index in [1.165, 1.54) is 29.8 Å². The first kappa shape index (κ1) is 17.2. The zero-order chi connectivity index (χ0) is 16.8. The van der Waals surface area contributed by atoms with E-state index in [9.17, 15) is 9.18 Å². The molecular formula is C19H19ClFNO. The van der Waals surface area contributed by atoms with E-state index in [0.29, 0.717) is 11.6 Å². The minimum Gasteiger partial charge on any atom is -0.323 e. The van der Waals surface area contributed by atoms with Crippen LogP contribution in [0, 0.1) is 5.82 Å². The molecule has 0 saturated carbocycles. The lowest BCUT2D eigenvalue weighted by atomic mass is 9.99. The molecule has 0 aliphatic carbocycles. The maximum atomic E-state index is 13.6. The molecule has 0 bridgehead atoms. The van der Waals surface area contributed by atoms with E-state index in [4.69, 9.17) is 11.6 Å². The molecule has 2 nitrogen and oxygen atoms in total. The van der Waals surface area contributed by atoms with Gasteiger partial charge >= 0.3 is 0 Å². The molecule has 0 saturated heterocycles. The van der Waals surface area contributed by atoms with Gasteiger partial charge in [-0.05, 0) is 48.2 Å². The zero-order valence-corrected chi connectivity index (χ0v) is 13.9. The maximum absolute atomic E-state index is 13.6. The van der Waals surface area contributed by atoms with E-state index in [1.54, 1.807) is 6.07 Å². The third kappa shape index (κ3) is 4.67. The number of benzene rings is 2. The first-order valence-electron chi connectivity index (χ1n) is 7.54. The average Bonchev–Trinajstić information content (AvgIpc) is 2.54. The normalized spacial score (nSPS) is 12.3. The van der Waals surface area contributed by atoms with E-state index in [1.807, 2.05) is 24.3 Å². The van der Waals surface area contributed by atoms with Crippen LogP contribution in [-0.4, -0.2) is 5.91 Å². The largest absolute Gasteiger partial charge is 0.323 e. The van der Waals surface area contributed by atoms with Gasteiger partial charge < -0.3 is 5.32 Å². The van der Waals surface area contributed by atoms with E-state index < -0.39 is 5.82 Å². The van der Waals surface area contributed by atoms with Gasteiger partial charge in [0.25, 0.3) is 0 Å². The topological polar surface area (TPSA) is 29.1 Å². The van der Waals surface area contributed by atoms with Crippen molar-refractivity contribution in [3.8, 4) is 0 Å². The van der Waals surface area contributed by atoms with Crippen molar-refractivity contribution in [2.75, 3.05) is 5.32 Å². The van der Waals surface area contributed by atoms with Gasteiger partial charge in [0.2, 0.25) is 5.91 Å². The fourth-order valence-electron chi connectivity index (χ4n) is 2.14. The van der Waals surface area contributed by atoms with Crippen LogP contribution >= 0.6 is 11.6 Å². The summed E-state index contributed by atoms with van der Waals surface area (Å²) in [5.41, 5.74) is 2.14. The van der Waals surface area contributed by atoms with Gasteiger partial charge in [-0.25, -0.2) is 4.39 Å². The number of amides is 1. The first-order chi connectivity index (χ1) is 11.0. The van der Waals surface area contributed by atoms with Crippen LogP contribution in [0.3, 0.4) is 0 Å². The number of rotatable bonds is 5. The van der Waals surface area contributed by atoms with Crippen molar-refractivity contribution in [1.82, 2.24) is 0 Å². The summed E-state index contributed by atoms with van der Waals surface area (Å²) in [6.45, 7) is 4.30. The molecule has 0 fully saturated rings. The predicted octanol–water partition coefficient (Wildman–Crippen LogP) is 5.64. The van der Waals surface area contributed by atoms with E-state index in [-0.39, 0.29) is 16.5 Å². The lowest BCUT2D eigenvalue weighted by Crippen LogP contribution is -2.07.